The van der Waals surface area contributed by atoms with E-state index in [1.807, 2.05) is 0 Å². The Bertz CT molecular complexity index is 478. The molecular weight excluding hydrogens is 240 g/mol. The molecule has 2 fully saturated rings. The Labute approximate surface area is 114 Å². The van der Waals surface area contributed by atoms with Gasteiger partial charge in [0.2, 0.25) is 0 Å². The van der Waals surface area contributed by atoms with Crippen molar-refractivity contribution >= 4 is 5.78 Å². The van der Waals surface area contributed by atoms with Crippen LogP contribution in [0.5, 0.6) is 0 Å². The van der Waals surface area contributed by atoms with Gasteiger partial charge in [0, 0.05) is 18.4 Å². The van der Waals surface area contributed by atoms with Crippen molar-refractivity contribution in [2.45, 2.75) is 39.6 Å². The lowest BCUT2D eigenvalue weighted by atomic mass is 9.58. The van der Waals surface area contributed by atoms with E-state index in [1.165, 1.54) is 0 Å². The van der Waals surface area contributed by atoms with Crippen molar-refractivity contribution in [2.24, 2.45) is 23.2 Å². The smallest absolute Gasteiger partial charge is 0.180 e. The summed E-state index contributed by atoms with van der Waals surface area (Å²) in [7, 11) is 1.64. The minimum Gasteiger partial charge on any atom is -0.352 e. The normalized spacial score (nSPS) is 48.1. The van der Waals surface area contributed by atoms with Gasteiger partial charge < -0.3 is 9.47 Å². The molecule has 0 aromatic heterocycles. The van der Waals surface area contributed by atoms with Crippen molar-refractivity contribution in [1.82, 2.24) is 0 Å². The lowest BCUT2D eigenvalue weighted by molar-refractivity contribution is -0.151. The van der Waals surface area contributed by atoms with E-state index < -0.39 is 0 Å². The Morgan fingerprint density at radius 1 is 1.58 bits per heavy atom. The maximum absolute atomic E-state index is 12.3. The van der Waals surface area contributed by atoms with E-state index in [4.69, 9.17) is 9.47 Å². The Kier molecular flexibility index (Phi) is 2.77. The number of allylic oxidation sites excluding steroid dienone is 2. The first-order valence-corrected chi connectivity index (χ1v) is 7.00. The molecule has 19 heavy (non-hydrogen) atoms. The Balaban J connectivity index is 2.06. The van der Waals surface area contributed by atoms with Gasteiger partial charge in [0.1, 0.15) is 0 Å². The number of methoxy groups -OCH3 is 1. The lowest BCUT2D eigenvalue weighted by Crippen LogP contribution is -2.48. The summed E-state index contributed by atoms with van der Waals surface area (Å²) in [5, 5.41) is 0. The molecule has 0 aromatic rings. The van der Waals surface area contributed by atoms with Crippen LogP contribution in [0, 0.1) is 23.2 Å². The van der Waals surface area contributed by atoms with Crippen molar-refractivity contribution in [3.63, 3.8) is 0 Å². The second-order valence-corrected chi connectivity index (χ2v) is 6.51. The highest BCUT2D eigenvalue weighted by Crippen LogP contribution is 2.61. The van der Waals surface area contributed by atoms with Crippen molar-refractivity contribution < 1.29 is 14.3 Å². The summed E-state index contributed by atoms with van der Waals surface area (Å²) < 4.78 is 11.5. The van der Waals surface area contributed by atoms with Gasteiger partial charge in [0.25, 0.3) is 0 Å². The molecule has 0 aromatic carbocycles. The summed E-state index contributed by atoms with van der Waals surface area (Å²) in [5.41, 5.74) is 2.02. The highest BCUT2D eigenvalue weighted by atomic mass is 16.7. The maximum Gasteiger partial charge on any atom is 0.180 e. The van der Waals surface area contributed by atoms with E-state index in [2.05, 4.69) is 27.4 Å². The molecule has 6 atom stereocenters. The minimum absolute atomic E-state index is 0.0329. The first-order valence-electron chi connectivity index (χ1n) is 7.00. The fourth-order valence-electron chi connectivity index (χ4n) is 4.48. The Morgan fingerprint density at radius 3 is 2.84 bits per heavy atom. The van der Waals surface area contributed by atoms with Crippen LogP contribution in [-0.2, 0) is 14.3 Å². The number of carbonyl (C=O) groups excluding carboxylic acids is 1. The number of ether oxygens (including phenoxy) is 2. The van der Waals surface area contributed by atoms with E-state index in [-0.39, 0.29) is 29.5 Å². The molecule has 1 unspecified atom stereocenters. The second-order valence-electron chi connectivity index (χ2n) is 6.51. The predicted molar refractivity (Wildman–Crippen MR) is 72.4 cm³/mol. The lowest BCUT2D eigenvalue weighted by Gasteiger charge is -2.46. The molecule has 3 rings (SSSR count). The monoisotopic (exact) mass is 262 g/mol. The highest BCUT2D eigenvalue weighted by molar-refractivity contribution is 5.97. The minimum atomic E-state index is -0.352. The molecule has 0 N–H and O–H groups in total. The van der Waals surface area contributed by atoms with Crippen LogP contribution < -0.4 is 0 Å². The molecule has 104 valence electrons. The second kappa shape index (κ2) is 4.03. The van der Waals surface area contributed by atoms with Crippen LogP contribution >= 0.6 is 0 Å². The van der Waals surface area contributed by atoms with Crippen molar-refractivity contribution in [3.05, 3.63) is 23.8 Å². The zero-order valence-electron chi connectivity index (χ0n) is 12.1. The van der Waals surface area contributed by atoms with E-state index >= 15 is 0 Å². The van der Waals surface area contributed by atoms with Crippen LogP contribution in [0.4, 0.5) is 0 Å². The van der Waals surface area contributed by atoms with Gasteiger partial charge in [0.15, 0.2) is 12.1 Å². The van der Waals surface area contributed by atoms with Crippen LogP contribution in [0.1, 0.15) is 27.2 Å². The molecule has 0 spiro atoms. The number of hydrogen-bond donors (Lipinski definition) is 0. The average Bonchev–Trinajstić information content (AvgIpc) is 2.76. The van der Waals surface area contributed by atoms with Crippen LogP contribution in [0.3, 0.4) is 0 Å². The first kappa shape index (κ1) is 13.1. The van der Waals surface area contributed by atoms with Gasteiger partial charge in [-0.25, -0.2) is 0 Å². The van der Waals surface area contributed by atoms with Crippen LogP contribution in [-0.4, -0.2) is 25.3 Å². The molecule has 3 aliphatic rings. The third kappa shape index (κ3) is 1.49. The van der Waals surface area contributed by atoms with Gasteiger partial charge in [0.05, 0.1) is 6.10 Å². The SMILES string of the molecule is C=C(C)[C@@H]1C[C@@H]2C(=O)C=C3C(OC)O[C@H]([C@H]1C)[C@@]32C. The molecule has 3 nitrogen and oxygen atoms in total. The standard InChI is InChI=1S/C16H22O3/c1-8(2)10-6-11-13(17)7-12-15(18-5)19-14(9(10)3)16(11,12)4/h7,9-11,14-15H,1,6H2,2-5H3/t9-,10-,11+,14+,15?,16+/m0/s1. The molecule has 2 aliphatic carbocycles. The van der Waals surface area contributed by atoms with Crippen molar-refractivity contribution in [1.29, 1.82) is 0 Å². The summed E-state index contributed by atoms with van der Waals surface area (Å²) >= 11 is 0. The summed E-state index contributed by atoms with van der Waals surface area (Å²) in [5.74, 6) is 1.00. The summed E-state index contributed by atoms with van der Waals surface area (Å²) in [6.07, 6.45) is 2.36. The van der Waals surface area contributed by atoms with Gasteiger partial charge in [-0.2, -0.15) is 0 Å². The predicted octanol–water partition coefficient (Wildman–Crippen LogP) is 2.72. The molecule has 1 heterocycles. The van der Waals surface area contributed by atoms with Crippen LogP contribution in [0.2, 0.25) is 0 Å². The molecule has 1 aliphatic heterocycles. The third-order valence-corrected chi connectivity index (χ3v) is 5.55. The van der Waals surface area contributed by atoms with Gasteiger partial charge in [-0.3, -0.25) is 4.79 Å². The van der Waals surface area contributed by atoms with E-state index in [0.29, 0.717) is 11.8 Å². The maximum atomic E-state index is 12.3. The molecule has 0 radical (unpaired) electrons. The molecule has 1 saturated heterocycles. The van der Waals surface area contributed by atoms with Gasteiger partial charge in [-0.15, -0.1) is 0 Å². The Hall–Kier alpha value is -0.930. The molecular formula is C16H22O3. The van der Waals surface area contributed by atoms with E-state index in [0.717, 1.165) is 17.6 Å². The number of carbonyl (C=O) groups is 1. The zero-order valence-corrected chi connectivity index (χ0v) is 12.1. The molecule has 1 saturated carbocycles. The van der Waals surface area contributed by atoms with Gasteiger partial charge in [-0.05, 0) is 36.8 Å². The molecule has 0 bridgehead atoms. The summed E-state index contributed by atoms with van der Waals surface area (Å²) in [6, 6.07) is 0. The van der Waals surface area contributed by atoms with Gasteiger partial charge in [-0.1, -0.05) is 26.0 Å². The van der Waals surface area contributed by atoms with Crippen LogP contribution in [0.25, 0.3) is 0 Å². The number of rotatable bonds is 2. The topological polar surface area (TPSA) is 35.5 Å². The molecule has 0 amide bonds. The highest BCUT2D eigenvalue weighted by Gasteiger charge is 2.64. The third-order valence-electron chi connectivity index (χ3n) is 5.55. The number of ketones is 1. The first-order chi connectivity index (χ1) is 8.91. The fourth-order valence-corrected chi connectivity index (χ4v) is 4.48. The van der Waals surface area contributed by atoms with Crippen molar-refractivity contribution in [2.75, 3.05) is 7.11 Å². The Morgan fingerprint density at radius 2 is 2.26 bits per heavy atom. The summed E-state index contributed by atoms with van der Waals surface area (Å²) in [4.78, 5) is 12.3. The van der Waals surface area contributed by atoms with E-state index in [9.17, 15) is 4.79 Å². The summed E-state index contributed by atoms with van der Waals surface area (Å²) in [6.45, 7) is 10.5. The largest absolute Gasteiger partial charge is 0.352 e. The van der Waals surface area contributed by atoms with E-state index in [1.54, 1.807) is 13.2 Å². The average molecular weight is 262 g/mol. The fraction of sp³-hybridized carbons (Fsp3) is 0.688. The number of hydrogen-bond acceptors (Lipinski definition) is 3. The van der Waals surface area contributed by atoms with Gasteiger partial charge >= 0.3 is 0 Å². The quantitative estimate of drug-likeness (QED) is 0.718. The zero-order chi connectivity index (χ0) is 13.9. The van der Waals surface area contributed by atoms with Crippen LogP contribution in [0.15, 0.2) is 23.8 Å². The van der Waals surface area contributed by atoms with Crippen molar-refractivity contribution in [3.8, 4) is 0 Å². The molecule has 3 heteroatoms.